The minimum absolute atomic E-state index is 0.0584. The quantitative estimate of drug-likeness (QED) is 0.500. The zero-order valence-corrected chi connectivity index (χ0v) is 20.9. The molecule has 3 rings (SSSR count). The van der Waals surface area contributed by atoms with Crippen molar-refractivity contribution < 1.29 is 41.0 Å². The van der Waals surface area contributed by atoms with Gasteiger partial charge in [-0.3, -0.25) is 9.59 Å². The van der Waals surface area contributed by atoms with Crippen LogP contribution in [0.1, 0.15) is 24.5 Å². The SMILES string of the molecule is CC(=O)N1CCN(S(=O)(=O)c2ccc(OC(F)(F)F)cc2)[C@@H](C(=O)NCc2ccc(CCCO)cc2)C1. The van der Waals surface area contributed by atoms with Crippen LogP contribution < -0.4 is 10.1 Å². The lowest BCUT2D eigenvalue weighted by atomic mass is 10.1. The van der Waals surface area contributed by atoms with Gasteiger partial charge in [0.25, 0.3) is 0 Å². The number of aliphatic hydroxyl groups excluding tert-OH is 1. The zero-order chi connectivity index (χ0) is 27.2. The van der Waals surface area contributed by atoms with Gasteiger partial charge < -0.3 is 20.1 Å². The topological polar surface area (TPSA) is 116 Å². The van der Waals surface area contributed by atoms with Crippen molar-refractivity contribution in [1.82, 2.24) is 14.5 Å². The van der Waals surface area contributed by atoms with Crippen LogP contribution in [-0.4, -0.2) is 73.2 Å². The number of piperazine rings is 1. The number of aliphatic hydroxyl groups is 1. The van der Waals surface area contributed by atoms with Gasteiger partial charge in [0.1, 0.15) is 11.8 Å². The number of sulfonamides is 1. The fourth-order valence-corrected chi connectivity index (χ4v) is 5.49. The smallest absolute Gasteiger partial charge is 0.406 e. The van der Waals surface area contributed by atoms with E-state index in [2.05, 4.69) is 10.1 Å². The van der Waals surface area contributed by atoms with Gasteiger partial charge in [-0.25, -0.2) is 8.42 Å². The van der Waals surface area contributed by atoms with Crippen molar-refractivity contribution in [2.75, 3.05) is 26.2 Å². The first-order chi connectivity index (χ1) is 17.4. The molecule has 0 bridgehead atoms. The third-order valence-electron chi connectivity index (χ3n) is 5.86. The highest BCUT2D eigenvalue weighted by Gasteiger charge is 2.41. The van der Waals surface area contributed by atoms with Crippen molar-refractivity contribution in [1.29, 1.82) is 0 Å². The van der Waals surface area contributed by atoms with E-state index in [-0.39, 0.29) is 43.6 Å². The number of alkyl halides is 3. The summed E-state index contributed by atoms with van der Waals surface area (Å²) in [5.74, 6) is -1.51. The van der Waals surface area contributed by atoms with Crippen LogP contribution >= 0.6 is 0 Å². The molecule has 1 aliphatic rings. The van der Waals surface area contributed by atoms with Crippen molar-refractivity contribution in [3.63, 3.8) is 0 Å². The molecule has 0 spiro atoms. The van der Waals surface area contributed by atoms with Crippen LogP contribution in [0.3, 0.4) is 0 Å². The minimum Gasteiger partial charge on any atom is -0.406 e. The molecule has 2 amide bonds. The van der Waals surface area contributed by atoms with E-state index in [0.29, 0.717) is 12.8 Å². The Labute approximate surface area is 212 Å². The molecule has 0 saturated carbocycles. The molecule has 0 unspecified atom stereocenters. The summed E-state index contributed by atoms with van der Waals surface area (Å²) in [6.45, 7) is 1.24. The molecular formula is C24H28F3N3O6S. The molecule has 2 aromatic carbocycles. The molecule has 1 saturated heterocycles. The Balaban J connectivity index is 1.76. The van der Waals surface area contributed by atoms with E-state index < -0.39 is 34.1 Å². The fraction of sp³-hybridized carbons (Fsp3) is 0.417. The van der Waals surface area contributed by atoms with E-state index in [1.807, 2.05) is 24.3 Å². The molecule has 1 atom stereocenters. The number of amides is 2. The number of hydrogen-bond acceptors (Lipinski definition) is 6. The second-order valence-electron chi connectivity index (χ2n) is 8.48. The minimum atomic E-state index is -4.92. The third kappa shape index (κ3) is 7.66. The van der Waals surface area contributed by atoms with Crippen molar-refractivity contribution >= 4 is 21.8 Å². The highest BCUT2D eigenvalue weighted by Crippen LogP contribution is 2.27. The number of ether oxygens (including phenoxy) is 1. The van der Waals surface area contributed by atoms with E-state index in [9.17, 15) is 31.2 Å². The zero-order valence-electron chi connectivity index (χ0n) is 20.1. The number of hydrogen-bond donors (Lipinski definition) is 2. The molecule has 13 heteroatoms. The average molecular weight is 544 g/mol. The number of rotatable bonds is 9. The second-order valence-corrected chi connectivity index (χ2v) is 10.4. The van der Waals surface area contributed by atoms with Crippen molar-refractivity contribution in [3.8, 4) is 5.75 Å². The second kappa shape index (κ2) is 11.9. The summed E-state index contributed by atoms with van der Waals surface area (Å²) < 4.78 is 68.7. The summed E-state index contributed by atoms with van der Waals surface area (Å²) in [6.07, 6.45) is -3.58. The molecule has 1 heterocycles. The van der Waals surface area contributed by atoms with E-state index in [0.717, 1.165) is 39.7 Å². The molecule has 1 aliphatic heterocycles. The number of aryl methyl sites for hydroxylation is 1. The van der Waals surface area contributed by atoms with Crippen LogP contribution in [0.4, 0.5) is 13.2 Å². The largest absolute Gasteiger partial charge is 0.573 e. The molecule has 1 fully saturated rings. The Bertz CT molecular complexity index is 1190. The predicted octanol–water partition coefficient (Wildman–Crippen LogP) is 2.05. The van der Waals surface area contributed by atoms with Crippen LogP contribution in [0.2, 0.25) is 0 Å². The van der Waals surface area contributed by atoms with Gasteiger partial charge in [0.05, 0.1) is 4.90 Å². The van der Waals surface area contributed by atoms with Crippen LogP contribution in [0.25, 0.3) is 0 Å². The maximum atomic E-state index is 13.3. The van der Waals surface area contributed by atoms with Crippen LogP contribution in [0.15, 0.2) is 53.4 Å². The van der Waals surface area contributed by atoms with Crippen molar-refractivity contribution in [3.05, 3.63) is 59.7 Å². The lowest BCUT2D eigenvalue weighted by molar-refractivity contribution is -0.274. The monoisotopic (exact) mass is 543 g/mol. The van der Waals surface area contributed by atoms with Gasteiger partial charge in [0.2, 0.25) is 21.8 Å². The summed E-state index contributed by atoms with van der Waals surface area (Å²) in [5, 5.41) is 11.7. The van der Waals surface area contributed by atoms with Crippen LogP contribution in [-0.2, 0) is 32.6 Å². The standard InChI is InChI=1S/C24H28F3N3O6S/c1-17(32)29-12-13-30(37(34,35)21-10-8-20(9-11-21)36-24(25,26)27)22(16-29)23(33)28-15-19-6-4-18(5-7-19)3-2-14-31/h4-11,22,31H,2-3,12-16H2,1H3,(H,28,33)/t22-/m1/s1. The lowest BCUT2D eigenvalue weighted by Gasteiger charge is -2.39. The number of carbonyl (C=O) groups is 2. The Morgan fingerprint density at radius 1 is 1.05 bits per heavy atom. The summed E-state index contributed by atoms with van der Waals surface area (Å²) in [5.41, 5.74) is 1.80. The Morgan fingerprint density at radius 2 is 1.68 bits per heavy atom. The summed E-state index contributed by atoms with van der Waals surface area (Å²) in [4.78, 5) is 26.1. The summed E-state index contributed by atoms with van der Waals surface area (Å²) in [6, 6.07) is 9.84. The highest BCUT2D eigenvalue weighted by atomic mass is 32.2. The van der Waals surface area contributed by atoms with Gasteiger partial charge in [0, 0.05) is 39.7 Å². The Hall–Kier alpha value is -3.16. The maximum Gasteiger partial charge on any atom is 0.573 e. The molecular weight excluding hydrogens is 515 g/mol. The van der Waals surface area contributed by atoms with E-state index in [1.165, 1.54) is 11.8 Å². The summed E-state index contributed by atoms with van der Waals surface area (Å²) >= 11 is 0. The first-order valence-electron chi connectivity index (χ1n) is 11.5. The van der Waals surface area contributed by atoms with Crippen molar-refractivity contribution in [2.45, 2.75) is 43.6 Å². The van der Waals surface area contributed by atoms with E-state index in [4.69, 9.17) is 5.11 Å². The molecule has 0 radical (unpaired) electrons. The first kappa shape index (κ1) is 28.4. The number of nitrogens with zero attached hydrogens (tertiary/aromatic N) is 2. The predicted molar refractivity (Wildman–Crippen MR) is 127 cm³/mol. The highest BCUT2D eigenvalue weighted by molar-refractivity contribution is 7.89. The molecule has 0 aromatic heterocycles. The fourth-order valence-electron chi connectivity index (χ4n) is 3.92. The number of carbonyl (C=O) groups excluding carboxylic acids is 2. The molecule has 2 N–H and O–H groups in total. The van der Waals surface area contributed by atoms with Gasteiger partial charge in [-0.2, -0.15) is 4.31 Å². The van der Waals surface area contributed by atoms with Crippen LogP contribution in [0.5, 0.6) is 5.75 Å². The van der Waals surface area contributed by atoms with E-state index in [1.54, 1.807) is 0 Å². The Morgan fingerprint density at radius 3 is 2.24 bits per heavy atom. The number of halogens is 3. The Kier molecular flexibility index (Phi) is 9.16. The molecule has 2 aromatic rings. The average Bonchev–Trinajstić information content (AvgIpc) is 2.85. The van der Waals surface area contributed by atoms with Crippen LogP contribution in [0, 0.1) is 0 Å². The maximum absolute atomic E-state index is 13.3. The normalized spacial score (nSPS) is 16.9. The molecule has 9 nitrogen and oxygen atoms in total. The molecule has 202 valence electrons. The number of benzene rings is 2. The first-order valence-corrected chi connectivity index (χ1v) is 12.9. The van der Waals surface area contributed by atoms with E-state index >= 15 is 0 Å². The summed E-state index contributed by atoms with van der Waals surface area (Å²) in [7, 11) is -4.29. The molecule has 37 heavy (non-hydrogen) atoms. The lowest BCUT2D eigenvalue weighted by Crippen LogP contribution is -2.61. The third-order valence-corrected chi connectivity index (χ3v) is 7.78. The van der Waals surface area contributed by atoms with Gasteiger partial charge in [-0.15, -0.1) is 13.2 Å². The van der Waals surface area contributed by atoms with Gasteiger partial charge in [-0.05, 0) is 48.2 Å². The molecule has 0 aliphatic carbocycles. The van der Waals surface area contributed by atoms with Gasteiger partial charge >= 0.3 is 6.36 Å². The van der Waals surface area contributed by atoms with Crippen molar-refractivity contribution in [2.24, 2.45) is 0 Å². The number of nitrogens with one attached hydrogen (secondary N) is 1. The van der Waals surface area contributed by atoms with Gasteiger partial charge in [0.15, 0.2) is 0 Å². The van der Waals surface area contributed by atoms with Gasteiger partial charge in [-0.1, -0.05) is 24.3 Å².